The number of halogens is 2. The number of allylic oxidation sites excluding steroid dienone is 1. The van der Waals surface area contributed by atoms with E-state index in [9.17, 15) is 29.5 Å². The molecular formula is C55H59ClFN3O10. The lowest BCUT2D eigenvalue weighted by Crippen LogP contribution is -2.70. The van der Waals surface area contributed by atoms with E-state index in [1.54, 1.807) is 47.4 Å². The van der Waals surface area contributed by atoms with Crippen LogP contribution in [0.5, 0.6) is 11.5 Å². The summed E-state index contributed by atoms with van der Waals surface area (Å²) in [7, 11) is 0. The zero-order chi connectivity index (χ0) is 49.0. The van der Waals surface area contributed by atoms with Crippen LogP contribution in [0.2, 0.25) is 0 Å². The molecule has 1 amide bonds. The van der Waals surface area contributed by atoms with E-state index < -0.39 is 28.8 Å². The van der Waals surface area contributed by atoms with Crippen molar-refractivity contribution in [1.82, 2.24) is 4.90 Å². The molecule has 1 heterocycles. The van der Waals surface area contributed by atoms with Gasteiger partial charge in [0.25, 0.3) is 5.69 Å². The number of benzene rings is 5. The highest BCUT2D eigenvalue weighted by atomic mass is 35.5. The molecule has 2 N–H and O–H groups in total. The molecule has 2 aliphatic carbocycles. The molecule has 0 radical (unpaired) electrons. The number of hydrogen-bond acceptors (Lipinski definition) is 11. The number of carbonyl (C=O) groups is 1. The van der Waals surface area contributed by atoms with E-state index in [2.05, 4.69) is 12.7 Å². The van der Waals surface area contributed by atoms with Crippen LogP contribution in [0.15, 0.2) is 139 Å². The van der Waals surface area contributed by atoms with Gasteiger partial charge in [-0.05, 0) is 101 Å². The Morgan fingerprint density at radius 1 is 0.943 bits per heavy atom. The number of nitro benzene ring substituents is 1. The molecule has 1 fully saturated rings. The van der Waals surface area contributed by atoms with Crippen molar-refractivity contribution in [2.24, 2.45) is 22.9 Å². The maximum Gasteiger partial charge on any atom is 0.410 e. The summed E-state index contributed by atoms with van der Waals surface area (Å²) < 4.78 is 41.7. The first-order valence-corrected chi connectivity index (χ1v) is 24.5. The van der Waals surface area contributed by atoms with Gasteiger partial charge in [0, 0.05) is 48.8 Å². The zero-order valence-corrected chi connectivity index (χ0v) is 39.8. The molecule has 8 rings (SSSR count). The predicted molar refractivity (Wildman–Crippen MR) is 265 cm³/mol. The zero-order valence-electron chi connectivity index (χ0n) is 39.0. The summed E-state index contributed by atoms with van der Waals surface area (Å²) in [4.78, 5) is 33.7. The molecule has 0 aromatic heterocycles. The van der Waals surface area contributed by atoms with Gasteiger partial charge in [0.15, 0.2) is 0 Å². The van der Waals surface area contributed by atoms with Crippen LogP contribution in [0.4, 0.5) is 14.9 Å². The third kappa shape index (κ3) is 11.0. The number of aliphatic hydroxyl groups is 2. The topological polar surface area (TPSA) is 162 Å². The van der Waals surface area contributed by atoms with Gasteiger partial charge >= 0.3 is 6.09 Å². The number of nitrogens with zero attached hydrogens (tertiary/aromatic N) is 3. The van der Waals surface area contributed by atoms with Crippen molar-refractivity contribution in [1.29, 1.82) is 0 Å². The quantitative estimate of drug-likeness (QED) is 0.0212. The number of hydrogen-bond donors (Lipinski definition) is 2. The Kier molecular flexibility index (Phi) is 16.8. The normalized spacial score (nSPS) is 21.7. The summed E-state index contributed by atoms with van der Waals surface area (Å²) in [5.41, 5.74) is 4.06. The first-order valence-electron chi connectivity index (χ1n) is 24.0. The van der Waals surface area contributed by atoms with Crippen molar-refractivity contribution < 1.29 is 48.1 Å². The molecule has 5 aromatic rings. The van der Waals surface area contributed by atoms with Gasteiger partial charge in [-0.1, -0.05) is 90.8 Å². The number of nitro groups is 1. The molecule has 0 spiro atoms. The molecule has 3 aliphatic rings. The Morgan fingerprint density at radius 2 is 1.69 bits per heavy atom. The number of unbranched alkanes of at least 4 members (excludes halogenated alkanes) is 2. The third-order valence-electron chi connectivity index (χ3n) is 13.7. The van der Waals surface area contributed by atoms with E-state index in [4.69, 9.17) is 40.5 Å². The average Bonchev–Trinajstić information content (AvgIpc) is 3.37. The van der Waals surface area contributed by atoms with Crippen molar-refractivity contribution in [3.8, 4) is 11.5 Å². The van der Waals surface area contributed by atoms with Crippen LogP contribution in [0.3, 0.4) is 0 Å². The fraction of sp³-hybridized carbons (Fsp3) is 0.382. The minimum Gasteiger partial charge on any atom is -0.489 e. The molecule has 1 aliphatic heterocycles. The second-order valence-electron chi connectivity index (χ2n) is 17.9. The van der Waals surface area contributed by atoms with E-state index in [1.165, 1.54) is 18.2 Å². The lowest BCUT2D eigenvalue weighted by atomic mass is 9.55. The van der Waals surface area contributed by atoms with Crippen LogP contribution in [0.1, 0.15) is 73.1 Å². The summed E-state index contributed by atoms with van der Waals surface area (Å²) >= 11 is 6.17. The van der Waals surface area contributed by atoms with Gasteiger partial charge in [-0.2, -0.15) is 0 Å². The molecule has 13 nitrogen and oxygen atoms in total. The fourth-order valence-electron chi connectivity index (χ4n) is 10.5. The Morgan fingerprint density at radius 3 is 2.44 bits per heavy atom. The van der Waals surface area contributed by atoms with Crippen LogP contribution in [-0.4, -0.2) is 76.0 Å². The van der Waals surface area contributed by atoms with Crippen molar-refractivity contribution in [3.63, 3.8) is 0 Å². The number of oxime groups is 1. The van der Waals surface area contributed by atoms with E-state index in [1.807, 2.05) is 54.6 Å². The van der Waals surface area contributed by atoms with Crippen molar-refractivity contribution >= 4 is 39.9 Å². The highest BCUT2D eigenvalue weighted by molar-refractivity contribution is 6.18. The summed E-state index contributed by atoms with van der Waals surface area (Å²) in [6, 6.07) is 31.1. The van der Waals surface area contributed by atoms with Gasteiger partial charge in [0.2, 0.25) is 5.79 Å². The molecule has 70 heavy (non-hydrogen) atoms. The van der Waals surface area contributed by atoms with E-state index >= 15 is 0 Å². The summed E-state index contributed by atoms with van der Waals surface area (Å²) in [5.74, 6) is -2.03. The van der Waals surface area contributed by atoms with Gasteiger partial charge in [0.1, 0.15) is 43.2 Å². The minimum absolute atomic E-state index is 0.00508. The number of carbonyl (C=O) groups excluding carboxylic acids is 1. The minimum atomic E-state index is -1.60. The number of rotatable bonds is 23. The molecule has 368 valence electrons. The van der Waals surface area contributed by atoms with Crippen molar-refractivity contribution in [3.05, 3.63) is 172 Å². The van der Waals surface area contributed by atoms with Crippen LogP contribution in [0, 0.1) is 33.7 Å². The monoisotopic (exact) mass is 975 g/mol. The molecule has 15 heteroatoms. The second-order valence-corrected chi connectivity index (χ2v) is 18.3. The van der Waals surface area contributed by atoms with Crippen LogP contribution >= 0.6 is 11.6 Å². The van der Waals surface area contributed by atoms with Gasteiger partial charge in [-0.3, -0.25) is 15.0 Å². The first kappa shape index (κ1) is 50.1. The van der Waals surface area contributed by atoms with Gasteiger partial charge in [-0.25, -0.2) is 9.18 Å². The number of amides is 1. The summed E-state index contributed by atoms with van der Waals surface area (Å²) in [6.07, 6.45) is 7.42. The number of fused-ring (bicyclic) bond motifs is 3. The maximum atomic E-state index is 14.9. The highest BCUT2D eigenvalue weighted by Gasteiger charge is 2.65. The number of non-ortho nitro benzene ring substituents is 1. The second kappa shape index (κ2) is 23.5. The van der Waals surface area contributed by atoms with Gasteiger partial charge < -0.3 is 34.0 Å². The maximum absolute atomic E-state index is 14.9. The Hall–Kier alpha value is -6.32. The summed E-state index contributed by atoms with van der Waals surface area (Å²) in [6.45, 7) is 4.16. The smallest absolute Gasteiger partial charge is 0.410 e. The molecular weight excluding hydrogens is 917 g/mol. The Bertz CT molecular complexity index is 2680. The molecule has 6 unspecified atom stereocenters. The van der Waals surface area contributed by atoms with Crippen LogP contribution < -0.4 is 9.47 Å². The number of alkyl halides is 1. The van der Waals surface area contributed by atoms with E-state index in [-0.39, 0.29) is 87.7 Å². The molecule has 1 saturated carbocycles. The first-order chi connectivity index (χ1) is 34.2. The van der Waals surface area contributed by atoms with E-state index in [0.29, 0.717) is 54.0 Å². The third-order valence-corrected chi connectivity index (χ3v) is 13.8. The number of ether oxygens (including phenoxy) is 4. The SMILES string of the molecule is C=CCOC12Oc3ccc(OCc4ccccc4F)cc3C3C(CCCCO)C(CCCCO)C=C(C(=NOCc4ccc([N+](=O)[O-])cc4)CC1N(Cc1cccc4ccccc14)C(=O)OCCCl)C32. The molecule has 0 bridgehead atoms. The van der Waals surface area contributed by atoms with Crippen molar-refractivity contribution in [2.75, 3.05) is 32.3 Å². The van der Waals surface area contributed by atoms with Crippen LogP contribution in [-0.2, 0) is 34.1 Å². The van der Waals surface area contributed by atoms with Gasteiger partial charge in [-0.15, -0.1) is 18.2 Å². The highest BCUT2D eigenvalue weighted by Crippen LogP contribution is 2.62. The average molecular weight is 977 g/mol. The molecule has 5 aromatic carbocycles. The largest absolute Gasteiger partial charge is 0.489 e. The fourth-order valence-corrected chi connectivity index (χ4v) is 10.6. The lowest BCUT2D eigenvalue weighted by Gasteiger charge is -2.59. The van der Waals surface area contributed by atoms with Crippen molar-refractivity contribution in [2.45, 2.75) is 82.5 Å². The Balaban J connectivity index is 1.33. The lowest BCUT2D eigenvalue weighted by molar-refractivity contribution is -0.384. The predicted octanol–water partition coefficient (Wildman–Crippen LogP) is 11.2. The van der Waals surface area contributed by atoms with E-state index in [0.717, 1.165) is 40.3 Å². The molecule has 0 saturated heterocycles. The number of aliphatic hydroxyl groups excluding tert-OH is 2. The molecule has 6 atom stereocenters. The Labute approximate surface area is 412 Å². The standard InChI is InChI=1S/C55H59ClFN3O10/c1-2-29-68-55-51(59(54(63)66-30-26-56)34-40-16-11-15-38-12-3-5-17-44(38)40)33-49(58-69-35-37-20-22-42(23-21-37)60(64)65)46-31-39(13-7-9-27-61)45(18-8-10-28-62)52(53(46)55)47-32-43(24-25-50(47)70-55)67-36-41-14-4-6-19-48(41)57/h2-6,11-12,14-17,19-25,31-32,39,45,51-53,61-62H,1,7-10,13,18,26-30,33-36H2. The van der Waals surface area contributed by atoms with Crippen LogP contribution in [0.25, 0.3) is 10.8 Å². The van der Waals surface area contributed by atoms with Gasteiger partial charge in [0.05, 0.1) is 35.6 Å². The summed E-state index contributed by atoms with van der Waals surface area (Å²) in [5, 5.41) is 38.3.